The van der Waals surface area contributed by atoms with Gasteiger partial charge in [0.05, 0.1) is 0 Å². The Hall–Kier alpha value is 0.159. The summed E-state index contributed by atoms with van der Waals surface area (Å²) in [5.41, 5.74) is 1.39. The molecule has 0 atom stereocenters. The van der Waals surface area contributed by atoms with Crippen LogP contribution in [0.2, 0.25) is 0 Å². The van der Waals surface area contributed by atoms with E-state index in [9.17, 15) is 0 Å². The molecule has 16 heavy (non-hydrogen) atoms. The minimum absolute atomic E-state index is 0.0636. The summed E-state index contributed by atoms with van der Waals surface area (Å²) < 4.78 is 13.3. The van der Waals surface area contributed by atoms with Crippen LogP contribution >= 0.6 is 11.3 Å². The first-order valence-electron chi connectivity index (χ1n) is 5.31. The van der Waals surface area contributed by atoms with Gasteiger partial charge in [-0.15, -0.1) is 0 Å². The molecule has 2 heterocycles. The first-order valence-corrected chi connectivity index (χ1v) is 7.84. The average molecular weight is 342 g/mol. The molecule has 1 aromatic heterocycles. The van der Waals surface area contributed by atoms with Crippen molar-refractivity contribution in [2.24, 2.45) is 0 Å². The molecule has 1 aliphatic rings. The number of hydrogen-bond acceptors (Lipinski definition) is 3. The zero-order chi connectivity index (χ0) is 11.6. The molecule has 1 aliphatic heterocycles. The topological polar surface area (TPSA) is 18.5 Å². The van der Waals surface area contributed by atoms with Crippen LogP contribution in [-0.2, 0) is 14.9 Å². The standard InChI is InChI=1S/C12H15O2S.Sn/c1-4-12(2,3)9-5-8-15-10(9)11-13-6-7-14-11;/h1,4-5,8,11H,6-7H2,2-3H3;. The maximum absolute atomic E-state index is 5.58. The Kier molecular flexibility index (Phi) is 4.10. The Balaban J connectivity index is 2.31. The molecule has 0 saturated carbocycles. The van der Waals surface area contributed by atoms with E-state index in [4.69, 9.17) is 9.47 Å². The molecule has 2 nitrogen and oxygen atoms in total. The summed E-state index contributed by atoms with van der Waals surface area (Å²) in [6, 6.07) is 2.18. The quantitative estimate of drug-likeness (QED) is 0.787. The van der Waals surface area contributed by atoms with E-state index >= 15 is 0 Å². The number of hydrogen-bond donors (Lipinski definition) is 0. The molecule has 1 saturated heterocycles. The van der Waals surface area contributed by atoms with E-state index in [1.54, 1.807) is 11.3 Å². The molecule has 4 heteroatoms. The van der Waals surface area contributed by atoms with Crippen molar-refractivity contribution >= 4 is 33.9 Å². The number of rotatable bonds is 3. The molecular weight excluding hydrogens is 327 g/mol. The molecule has 0 spiro atoms. The predicted octanol–water partition coefficient (Wildman–Crippen LogP) is 2.75. The van der Waals surface area contributed by atoms with Crippen molar-refractivity contribution in [3.63, 3.8) is 0 Å². The molecule has 0 N–H and O–H groups in total. The van der Waals surface area contributed by atoms with Crippen LogP contribution in [0.1, 0.15) is 30.6 Å². The predicted molar refractivity (Wildman–Crippen MR) is 66.9 cm³/mol. The van der Waals surface area contributed by atoms with Gasteiger partial charge in [-0.05, 0) is 0 Å². The Bertz CT molecular complexity index is 378. The van der Waals surface area contributed by atoms with Crippen molar-refractivity contribution in [1.29, 1.82) is 0 Å². The van der Waals surface area contributed by atoms with E-state index in [1.807, 2.05) is 0 Å². The van der Waals surface area contributed by atoms with Crippen LogP contribution in [0.15, 0.2) is 21.6 Å². The Morgan fingerprint density at radius 2 is 2.12 bits per heavy atom. The van der Waals surface area contributed by atoms with Gasteiger partial charge in [-0.25, -0.2) is 0 Å². The fourth-order valence-electron chi connectivity index (χ4n) is 1.84. The number of allylic oxidation sites excluding steroid dienone is 1. The molecule has 0 amide bonds. The third-order valence-electron chi connectivity index (χ3n) is 2.73. The molecule has 0 aliphatic carbocycles. The van der Waals surface area contributed by atoms with E-state index in [0.29, 0.717) is 13.2 Å². The zero-order valence-corrected chi connectivity index (χ0v) is 13.2. The third-order valence-corrected chi connectivity index (χ3v) is 4.14. The maximum atomic E-state index is 5.58. The summed E-state index contributed by atoms with van der Waals surface area (Å²) >= 11 is 3.16. The van der Waals surface area contributed by atoms with Crippen LogP contribution in [0.4, 0.5) is 0 Å². The molecule has 0 aromatic carbocycles. The first kappa shape index (κ1) is 12.6. The molecule has 0 unspecified atom stereocenters. The monoisotopic (exact) mass is 343 g/mol. The number of ether oxygens (including phenoxy) is 2. The summed E-state index contributed by atoms with van der Waals surface area (Å²) in [4.78, 5) is 1.22. The second-order valence-corrected chi connectivity index (χ2v) is 6.23. The van der Waals surface area contributed by atoms with Crippen LogP contribution in [0.25, 0.3) is 0 Å². The number of thiophene rings is 1. The van der Waals surface area contributed by atoms with Gasteiger partial charge in [-0.2, -0.15) is 0 Å². The molecule has 2 rings (SSSR count). The van der Waals surface area contributed by atoms with Crippen molar-refractivity contribution in [3.05, 3.63) is 32.1 Å². The van der Waals surface area contributed by atoms with Gasteiger partial charge in [-0.3, -0.25) is 0 Å². The Morgan fingerprint density at radius 3 is 2.75 bits per heavy atom. The fraction of sp³-hybridized carbons (Fsp3) is 0.500. The van der Waals surface area contributed by atoms with Gasteiger partial charge in [0.2, 0.25) is 0 Å². The third kappa shape index (κ3) is 2.53. The summed E-state index contributed by atoms with van der Waals surface area (Å²) in [5, 5.41) is 2.12. The van der Waals surface area contributed by atoms with Crippen LogP contribution in [0.5, 0.6) is 0 Å². The molecular formula is C12H15O2SSn. The molecule has 1 fully saturated rings. The minimum atomic E-state index is -0.146. The van der Waals surface area contributed by atoms with E-state index in [0.717, 1.165) is 0 Å². The van der Waals surface area contributed by atoms with Crippen molar-refractivity contribution in [2.75, 3.05) is 13.2 Å². The van der Waals surface area contributed by atoms with Crippen LogP contribution in [-0.4, -0.2) is 35.7 Å². The molecule has 3 radical (unpaired) electrons. The molecule has 0 bridgehead atoms. The summed E-state index contributed by atoms with van der Waals surface area (Å²) in [6.45, 7) is 5.87. The van der Waals surface area contributed by atoms with Crippen molar-refractivity contribution in [3.8, 4) is 0 Å². The fourth-order valence-corrected chi connectivity index (χ4v) is 4.09. The van der Waals surface area contributed by atoms with Gasteiger partial charge in [0.1, 0.15) is 0 Å². The summed E-state index contributed by atoms with van der Waals surface area (Å²) in [6.07, 6.45) is 2.11. The van der Waals surface area contributed by atoms with Gasteiger partial charge in [-0.1, -0.05) is 0 Å². The van der Waals surface area contributed by atoms with E-state index in [1.165, 1.54) is 33.0 Å². The Labute approximate surface area is 114 Å². The second-order valence-electron chi connectivity index (χ2n) is 4.33. The second kappa shape index (κ2) is 5.21. The Morgan fingerprint density at radius 1 is 1.44 bits per heavy atom. The summed E-state index contributed by atoms with van der Waals surface area (Å²) in [7, 11) is 0. The van der Waals surface area contributed by atoms with Gasteiger partial charge < -0.3 is 0 Å². The SMILES string of the molecule is CC(C)(C=[CH][Sn])c1ccsc1C1OCCO1. The van der Waals surface area contributed by atoms with E-state index in [-0.39, 0.29) is 11.7 Å². The average Bonchev–Trinajstić information content (AvgIpc) is 2.88. The van der Waals surface area contributed by atoms with Gasteiger partial charge >= 0.3 is 114 Å². The summed E-state index contributed by atoms with van der Waals surface area (Å²) in [5.74, 6) is 0. The molecule has 85 valence electrons. The van der Waals surface area contributed by atoms with Crippen LogP contribution < -0.4 is 0 Å². The normalized spacial score (nSPS) is 18.7. The van der Waals surface area contributed by atoms with Crippen LogP contribution in [0, 0.1) is 0 Å². The zero-order valence-electron chi connectivity index (χ0n) is 9.53. The van der Waals surface area contributed by atoms with E-state index in [2.05, 4.69) is 35.5 Å². The van der Waals surface area contributed by atoms with Crippen molar-refractivity contribution in [1.82, 2.24) is 0 Å². The van der Waals surface area contributed by atoms with Crippen LogP contribution in [0.3, 0.4) is 0 Å². The van der Waals surface area contributed by atoms with E-state index < -0.39 is 0 Å². The van der Waals surface area contributed by atoms with Gasteiger partial charge in [0.25, 0.3) is 0 Å². The first-order chi connectivity index (χ1) is 7.65. The van der Waals surface area contributed by atoms with Gasteiger partial charge in [0, 0.05) is 0 Å². The molecule has 1 aromatic rings. The van der Waals surface area contributed by atoms with Crippen molar-refractivity contribution < 1.29 is 9.47 Å². The van der Waals surface area contributed by atoms with Crippen molar-refractivity contribution in [2.45, 2.75) is 25.6 Å². The van der Waals surface area contributed by atoms with Gasteiger partial charge in [0.15, 0.2) is 0 Å².